The monoisotopic (exact) mass is 325 g/mol. The number of nitrogens with zero attached hydrogens (tertiary/aromatic N) is 1. The van der Waals surface area contributed by atoms with E-state index in [0.717, 1.165) is 6.07 Å². The Morgan fingerprint density at radius 2 is 2.00 bits per heavy atom. The van der Waals surface area contributed by atoms with Crippen molar-refractivity contribution in [2.24, 2.45) is 11.7 Å². The Labute approximate surface area is 131 Å². The van der Waals surface area contributed by atoms with Gasteiger partial charge in [0.25, 0.3) is 5.91 Å². The van der Waals surface area contributed by atoms with Crippen LogP contribution in [0.4, 0.5) is 13.6 Å². The minimum Gasteiger partial charge on any atom is -0.368 e. The van der Waals surface area contributed by atoms with Gasteiger partial charge in [0.05, 0.1) is 0 Å². The minimum absolute atomic E-state index is 0.00180. The predicted octanol–water partition coefficient (Wildman–Crippen LogP) is 1.46. The van der Waals surface area contributed by atoms with Crippen molar-refractivity contribution in [3.05, 3.63) is 35.4 Å². The fourth-order valence-electron chi connectivity index (χ4n) is 2.54. The fourth-order valence-corrected chi connectivity index (χ4v) is 2.54. The molecule has 0 bridgehead atoms. The second kappa shape index (κ2) is 6.31. The maximum atomic E-state index is 13.9. The summed E-state index contributed by atoms with van der Waals surface area (Å²) in [5.41, 5.74) is 4.99. The second-order valence-corrected chi connectivity index (χ2v) is 5.78. The van der Waals surface area contributed by atoms with Crippen LogP contribution in [0.15, 0.2) is 18.2 Å². The van der Waals surface area contributed by atoms with Crippen LogP contribution in [0.2, 0.25) is 0 Å². The van der Waals surface area contributed by atoms with E-state index in [4.69, 9.17) is 5.73 Å². The molecule has 4 amide bonds. The number of nitrogens with one attached hydrogen (secondary N) is 1. The molecule has 1 heterocycles. The van der Waals surface area contributed by atoms with E-state index in [1.807, 2.05) is 0 Å². The SMILES string of the molecule is CC(C)C[C@@H](C(N)=O)N1C(=O)NC(c2cccc(F)c2F)C1=O. The van der Waals surface area contributed by atoms with Gasteiger partial charge in [-0.3, -0.25) is 9.59 Å². The average Bonchev–Trinajstić information content (AvgIpc) is 2.74. The van der Waals surface area contributed by atoms with E-state index in [1.165, 1.54) is 12.1 Å². The van der Waals surface area contributed by atoms with Crippen LogP contribution >= 0.6 is 0 Å². The van der Waals surface area contributed by atoms with Crippen LogP contribution in [0.3, 0.4) is 0 Å². The number of hydrogen-bond donors (Lipinski definition) is 2. The third-order valence-corrected chi connectivity index (χ3v) is 3.60. The molecule has 1 saturated heterocycles. The highest BCUT2D eigenvalue weighted by molar-refractivity contribution is 6.07. The van der Waals surface area contributed by atoms with Crippen LogP contribution in [-0.4, -0.2) is 28.8 Å². The molecule has 8 heteroatoms. The lowest BCUT2D eigenvalue weighted by Gasteiger charge is -2.24. The van der Waals surface area contributed by atoms with Crippen LogP contribution in [0.5, 0.6) is 0 Å². The molecule has 0 aromatic heterocycles. The number of hydrogen-bond acceptors (Lipinski definition) is 3. The smallest absolute Gasteiger partial charge is 0.325 e. The van der Waals surface area contributed by atoms with Gasteiger partial charge < -0.3 is 11.1 Å². The Kier molecular flexibility index (Phi) is 4.63. The Bertz CT molecular complexity index is 663. The van der Waals surface area contributed by atoms with Gasteiger partial charge in [-0.1, -0.05) is 26.0 Å². The normalized spacial score (nSPS) is 19.2. The van der Waals surface area contributed by atoms with Crippen LogP contribution in [0.1, 0.15) is 31.9 Å². The third kappa shape index (κ3) is 3.15. The van der Waals surface area contributed by atoms with Gasteiger partial charge in [0.1, 0.15) is 12.1 Å². The van der Waals surface area contributed by atoms with Gasteiger partial charge in [-0.2, -0.15) is 0 Å². The van der Waals surface area contributed by atoms with Crippen molar-refractivity contribution >= 4 is 17.8 Å². The zero-order valence-electron chi connectivity index (χ0n) is 12.7. The molecule has 6 nitrogen and oxygen atoms in total. The van der Waals surface area contributed by atoms with Gasteiger partial charge in [0, 0.05) is 5.56 Å². The molecule has 1 aliphatic heterocycles. The topological polar surface area (TPSA) is 92.5 Å². The van der Waals surface area contributed by atoms with Crippen molar-refractivity contribution in [2.45, 2.75) is 32.4 Å². The second-order valence-electron chi connectivity index (χ2n) is 5.78. The van der Waals surface area contributed by atoms with E-state index >= 15 is 0 Å². The van der Waals surface area contributed by atoms with Crippen molar-refractivity contribution in [2.75, 3.05) is 0 Å². The first kappa shape index (κ1) is 16.9. The first-order valence-corrected chi connectivity index (χ1v) is 7.10. The molecule has 2 rings (SSSR count). The van der Waals surface area contributed by atoms with Gasteiger partial charge in [0.15, 0.2) is 11.6 Å². The molecule has 2 atom stereocenters. The van der Waals surface area contributed by atoms with Crippen LogP contribution in [0, 0.1) is 17.6 Å². The number of rotatable bonds is 5. The average molecular weight is 325 g/mol. The molecule has 1 aromatic rings. The number of imide groups is 1. The number of halogens is 2. The quantitative estimate of drug-likeness (QED) is 0.803. The number of nitrogens with two attached hydrogens (primary N) is 1. The zero-order chi connectivity index (χ0) is 17.3. The maximum absolute atomic E-state index is 13.9. The van der Waals surface area contributed by atoms with Crippen LogP contribution < -0.4 is 11.1 Å². The van der Waals surface area contributed by atoms with Gasteiger partial charge in [-0.15, -0.1) is 0 Å². The molecule has 0 saturated carbocycles. The fraction of sp³-hybridized carbons (Fsp3) is 0.400. The molecule has 1 aromatic carbocycles. The van der Waals surface area contributed by atoms with Crippen molar-refractivity contribution in [3.8, 4) is 0 Å². The van der Waals surface area contributed by atoms with E-state index in [-0.39, 0.29) is 17.9 Å². The van der Waals surface area contributed by atoms with Crippen molar-refractivity contribution < 1.29 is 23.2 Å². The molecule has 1 aliphatic rings. The Morgan fingerprint density at radius 3 is 2.57 bits per heavy atom. The molecule has 0 spiro atoms. The van der Waals surface area contributed by atoms with Crippen molar-refractivity contribution in [1.82, 2.24) is 10.2 Å². The summed E-state index contributed by atoms with van der Waals surface area (Å²) in [6, 6.07) is -0.0328. The third-order valence-electron chi connectivity index (χ3n) is 3.60. The summed E-state index contributed by atoms with van der Waals surface area (Å²) in [6.45, 7) is 3.61. The summed E-state index contributed by atoms with van der Waals surface area (Å²) >= 11 is 0. The first-order chi connectivity index (χ1) is 10.7. The summed E-state index contributed by atoms with van der Waals surface area (Å²) in [5.74, 6) is -4.01. The molecule has 1 fully saturated rings. The summed E-state index contributed by atoms with van der Waals surface area (Å²) in [7, 11) is 0. The summed E-state index contributed by atoms with van der Waals surface area (Å²) < 4.78 is 27.2. The zero-order valence-corrected chi connectivity index (χ0v) is 12.7. The number of benzene rings is 1. The number of amides is 4. The Balaban J connectivity index is 2.36. The van der Waals surface area contributed by atoms with Gasteiger partial charge >= 0.3 is 6.03 Å². The van der Waals surface area contributed by atoms with Gasteiger partial charge in [-0.25, -0.2) is 18.5 Å². The number of primary amides is 1. The van der Waals surface area contributed by atoms with E-state index in [2.05, 4.69) is 5.32 Å². The highest BCUT2D eigenvalue weighted by atomic mass is 19.2. The van der Waals surface area contributed by atoms with E-state index in [1.54, 1.807) is 13.8 Å². The van der Waals surface area contributed by atoms with E-state index < -0.39 is 41.6 Å². The molecular formula is C15H17F2N3O3. The highest BCUT2D eigenvalue weighted by Gasteiger charge is 2.45. The summed E-state index contributed by atoms with van der Waals surface area (Å²) in [5, 5.41) is 2.27. The van der Waals surface area contributed by atoms with Gasteiger partial charge in [-0.05, 0) is 18.4 Å². The molecule has 3 N–H and O–H groups in total. The lowest BCUT2D eigenvalue weighted by molar-refractivity contribution is -0.135. The van der Waals surface area contributed by atoms with Crippen LogP contribution in [-0.2, 0) is 9.59 Å². The Morgan fingerprint density at radius 1 is 1.35 bits per heavy atom. The first-order valence-electron chi connectivity index (χ1n) is 7.10. The summed E-state index contributed by atoms with van der Waals surface area (Å²) in [4.78, 5) is 36.8. The lowest BCUT2D eigenvalue weighted by Crippen LogP contribution is -2.48. The number of carbonyl (C=O) groups is 3. The largest absolute Gasteiger partial charge is 0.368 e. The number of carbonyl (C=O) groups excluding carboxylic acids is 3. The maximum Gasteiger partial charge on any atom is 0.325 e. The van der Waals surface area contributed by atoms with E-state index in [0.29, 0.717) is 4.90 Å². The van der Waals surface area contributed by atoms with Crippen molar-refractivity contribution in [1.29, 1.82) is 0 Å². The van der Waals surface area contributed by atoms with Crippen molar-refractivity contribution in [3.63, 3.8) is 0 Å². The molecular weight excluding hydrogens is 308 g/mol. The molecule has 0 radical (unpaired) electrons. The lowest BCUT2D eigenvalue weighted by atomic mass is 10.0. The highest BCUT2D eigenvalue weighted by Crippen LogP contribution is 2.28. The molecule has 0 aliphatic carbocycles. The summed E-state index contributed by atoms with van der Waals surface area (Å²) in [6.07, 6.45) is 0.187. The predicted molar refractivity (Wildman–Crippen MR) is 76.9 cm³/mol. The molecule has 23 heavy (non-hydrogen) atoms. The molecule has 124 valence electrons. The van der Waals surface area contributed by atoms with Crippen LogP contribution in [0.25, 0.3) is 0 Å². The minimum atomic E-state index is -1.38. The number of urea groups is 1. The van der Waals surface area contributed by atoms with E-state index in [9.17, 15) is 23.2 Å². The standard InChI is InChI=1S/C15H17F2N3O3/c1-7(2)6-10(13(18)21)20-14(22)12(19-15(20)23)8-4-3-5-9(16)11(8)17/h3-5,7,10,12H,6H2,1-2H3,(H2,18,21)(H,19,23)/t10-,12?/m0/s1. The Hall–Kier alpha value is -2.51. The molecule has 1 unspecified atom stereocenters. The van der Waals surface area contributed by atoms with Gasteiger partial charge in [0.2, 0.25) is 5.91 Å².